The minimum Gasteiger partial charge on any atom is -0.0622 e. The lowest BCUT2D eigenvalue weighted by Gasteiger charge is -2.16. The standard InChI is InChI=1S/C17H18/c1-3-7-14(8-4-1)13-17(16-11-12-16)15-9-5-2-6-10-15/h1-10,16-17H,11-13H2. The molecular weight excluding hydrogens is 204 g/mol. The minimum atomic E-state index is 0.721. The summed E-state index contributed by atoms with van der Waals surface area (Å²) in [6, 6.07) is 21.9. The predicted octanol–water partition coefficient (Wildman–Crippen LogP) is 4.42. The Balaban J connectivity index is 1.82. The van der Waals surface area contributed by atoms with Crippen LogP contribution in [0, 0.1) is 5.92 Å². The van der Waals surface area contributed by atoms with Crippen molar-refractivity contribution in [2.75, 3.05) is 0 Å². The Bertz CT molecular complexity index is 454. The van der Waals surface area contributed by atoms with Crippen LogP contribution in [0.15, 0.2) is 60.7 Å². The predicted molar refractivity (Wildman–Crippen MR) is 72.1 cm³/mol. The second kappa shape index (κ2) is 4.75. The first-order valence-electron chi connectivity index (χ1n) is 6.52. The molecule has 0 bridgehead atoms. The van der Waals surface area contributed by atoms with Crippen molar-refractivity contribution in [3.05, 3.63) is 71.8 Å². The largest absolute Gasteiger partial charge is 0.0622 e. The van der Waals surface area contributed by atoms with Gasteiger partial charge in [-0.25, -0.2) is 0 Å². The molecule has 2 aromatic rings. The zero-order valence-corrected chi connectivity index (χ0v) is 10.0. The molecule has 0 saturated heterocycles. The molecule has 17 heavy (non-hydrogen) atoms. The van der Waals surface area contributed by atoms with E-state index in [4.69, 9.17) is 0 Å². The Morgan fingerprint density at radius 1 is 0.824 bits per heavy atom. The van der Waals surface area contributed by atoms with Gasteiger partial charge in [0.2, 0.25) is 0 Å². The summed E-state index contributed by atoms with van der Waals surface area (Å²) in [5, 5.41) is 0. The third-order valence-corrected chi connectivity index (χ3v) is 3.72. The maximum atomic E-state index is 2.28. The SMILES string of the molecule is c1ccc(CC(c2ccccc2)C2CC2)cc1. The van der Waals surface area contributed by atoms with Crippen molar-refractivity contribution in [2.45, 2.75) is 25.2 Å². The molecule has 1 atom stereocenters. The van der Waals surface area contributed by atoms with E-state index in [-0.39, 0.29) is 0 Å². The summed E-state index contributed by atoms with van der Waals surface area (Å²) in [7, 11) is 0. The number of hydrogen-bond acceptors (Lipinski definition) is 0. The molecule has 0 spiro atoms. The van der Waals surface area contributed by atoms with Crippen molar-refractivity contribution < 1.29 is 0 Å². The van der Waals surface area contributed by atoms with Gasteiger partial charge in [-0.1, -0.05) is 60.7 Å². The fourth-order valence-electron chi connectivity index (χ4n) is 2.62. The minimum absolute atomic E-state index is 0.721. The van der Waals surface area contributed by atoms with Gasteiger partial charge < -0.3 is 0 Å². The quantitative estimate of drug-likeness (QED) is 0.718. The summed E-state index contributed by atoms with van der Waals surface area (Å²) in [4.78, 5) is 0. The highest BCUT2D eigenvalue weighted by Gasteiger charge is 2.31. The van der Waals surface area contributed by atoms with Crippen LogP contribution in [0.5, 0.6) is 0 Å². The lowest BCUT2D eigenvalue weighted by atomic mass is 9.88. The van der Waals surface area contributed by atoms with Crippen molar-refractivity contribution in [2.24, 2.45) is 5.92 Å². The van der Waals surface area contributed by atoms with Gasteiger partial charge in [0.05, 0.1) is 0 Å². The summed E-state index contributed by atoms with van der Waals surface area (Å²) in [6.07, 6.45) is 4.01. The molecule has 2 aromatic carbocycles. The van der Waals surface area contributed by atoms with E-state index >= 15 is 0 Å². The highest BCUT2D eigenvalue weighted by molar-refractivity contribution is 5.26. The first kappa shape index (κ1) is 10.6. The van der Waals surface area contributed by atoms with Crippen LogP contribution in [0.3, 0.4) is 0 Å². The van der Waals surface area contributed by atoms with E-state index in [9.17, 15) is 0 Å². The topological polar surface area (TPSA) is 0 Å². The Hall–Kier alpha value is -1.56. The van der Waals surface area contributed by atoms with Gasteiger partial charge in [0.1, 0.15) is 0 Å². The molecule has 86 valence electrons. The second-order valence-electron chi connectivity index (χ2n) is 5.04. The maximum Gasteiger partial charge on any atom is -0.00931 e. The second-order valence-corrected chi connectivity index (χ2v) is 5.04. The molecule has 1 saturated carbocycles. The van der Waals surface area contributed by atoms with Crippen LogP contribution in [0.25, 0.3) is 0 Å². The molecule has 1 aliphatic carbocycles. The Morgan fingerprint density at radius 3 is 2.00 bits per heavy atom. The van der Waals surface area contributed by atoms with Gasteiger partial charge in [-0.3, -0.25) is 0 Å². The smallest absolute Gasteiger partial charge is 0.00931 e. The van der Waals surface area contributed by atoms with Crippen LogP contribution in [0.1, 0.15) is 29.9 Å². The lowest BCUT2D eigenvalue weighted by molar-refractivity contribution is 0.602. The van der Waals surface area contributed by atoms with E-state index in [0.717, 1.165) is 11.8 Å². The van der Waals surface area contributed by atoms with Gasteiger partial charge >= 0.3 is 0 Å². The normalized spacial score (nSPS) is 16.7. The van der Waals surface area contributed by atoms with Crippen molar-refractivity contribution in [3.8, 4) is 0 Å². The van der Waals surface area contributed by atoms with Crippen LogP contribution in [0.2, 0.25) is 0 Å². The van der Waals surface area contributed by atoms with Crippen molar-refractivity contribution in [1.29, 1.82) is 0 Å². The van der Waals surface area contributed by atoms with Crippen molar-refractivity contribution in [3.63, 3.8) is 0 Å². The van der Waals surface area contributed by atoms with Crippen molar-refractivity contribution in [1.82, 2.24) is 0 Å². The lowest BCUT2D eigenvalue weighted by Crippen LogP contribution is -2.05. The third kappa shape index (κ3) is 2.58. The van der Waals surface area contributed by atoms with Crippen LogP contribution in [0.4, 0.5) is 0 Å². The molecule has 0 radical (unpaired) electrons. The van der Waals surface area contributed by atoms with Crippen LogP contribution in [-0.4, -0.2) is 0 Å². The highest BCUT2D eigenvalue weighted by atomic mass is 14.4. The zero-order chi connectivity index (χ0) is 11.5. The average Bonchev–Trinajstić information content (AvgIpc) is 3.23. The molecule has 0 N–H and O–H groups in total. The van der Waals surface area contributed by atoms with E-state index in [0.29, 0.717) is 0 Å². The molecule has 0 amide bonds. The molecule has 0 aliphatic heterocycles. The first-order chi connectivity index (χ1) is 8.43. The maximum absolute atomic E-state index is 2.28. The number of hydrogen-bond donors (Lipinski definition) is 0. The average molecular weight is 222 g/mol. The fraction of sp³-hybridized carbons (Fsp3) is 0.294. The van der Waals surface area contributed by atoms with Gasteiger partial charge in [-0.05, 0) is 42.2 Å². The van der Waals surface area contributed by atoms with E-state index in [1.165, 1.54) is 30.4 Å². The molecule has 1 unspecified atom stereocenters. The number of benzene rings is 2. The van der Waals surface area contributed by atoms with E-state index in [1.807, 2.05) is 0 Å². The Morgan fingerprint density at radius 2 is 1.41 bits per heavy atom. The monoisotopic (exact) mass is 222 g/mol. The van der Waals surface area contributed by atoms with Gasteiger partial charge in [-0.15, -0.1) is 0 Å². The summed E-state index contributed by atoms with van der Waals surface area (Å²) >= 11 is 0. The fourth-order valence-corrected chi connectivity index (χ4v) is 2.62. The van der Waals surface area contributed by atoms with E-state index < -0.39 is 0 Å². The molecular formula is C17H18. The molecule has 1 fully saturated rings. The van der Waals surface area contributed by atoms with E-state index in [1.54, 1.807) is 0 Å². The van der Waals surface area contributed by atoms with Gasteiger partial charge in [0.15, 0.2) is 0 Å². The summed E-state index contributed by atoms with van der Waals surface area (Å²) in [5.41, 5.74) is 2.98. The van der Waals surface area contributed by atoms with Gasteiger partial charge in [0, 0.05) is 0 Å². The van der Waals surface area contributed by atoms with Gasteiger partial charge in [0.25, 0.3) is 0 Å². The summed E-state index contributed by atoms with van der Waals surface area (Å²) < 4.78 is 0. The van der Waals surface area contributed by atoms with Crippen LogP contribution in [-0.2, 0) is 6.42 Å². The number of rotatable bonds is 4. The van der Waals surface area contributed by atoms with Crippen LogP contribution >= 0.6 is 0 Å². The molecule has 0 heteroatoms. The molecule has 3 rings (SSSR count). The third-order valence-electron chi connectivity index (χ3n) is 3.72. The zero-order valence-electron chi connectivity index (χ0n) is 10.0. The molecule has 0 nitrogen and oxygen atoms in total. The Kier molecular flexibility index (Phi) is 2.96. The van der Waals surface area contributed by atoms with Crippen molar-refractivity contribution >= 4 is 0 Å². The van der Waals surface area contributed by atoms with Gasteiger partial charge in [-0.2, -0.15) is 0 Å². The summed E-state index contributed by atoms with van der Waals surface area (Å²) in [6.45, 7) is 0. The first-order valence-corrected chi connectivity index (χ1v) is 6.52. The van der Waals surface area contributed by atoms with Crippen LogP contribution < -0.4 is 0 Å². The summed E-state index contributed by atoms with van der Waals surface area (Å²) in [5.74, 6) is 1.64. The highest BCUT2D eigenvalue weighted by Crippen LogP contribution is 2.44. The van der Waals surface area contributed by atoms with E-state index in [2.05, 4.69) is 60.7 Å². The molecule has 0 heterocycles. The Labute approximate surface area is 103 Å². The molecule has 0 aromatic heterocycles. The molecule has 1 aliphatic rings.